The molecule has 0 aliphatic heterocycles. The quantitative estimate of drug-likeness (QED) is 0.193. The summed E-state index contributed by atoms with van der Waals surface area (Å²) in [7, 11) is 0. The summed E-state index contributed by atoms with van der Waals surface area (Å²) in [6, 6.07) is 5.72. The molecule has 0 atom stereocenters. The number of oxime groups is 4. The van der Waals surface area contributed by atoms with Gasteiger partial charge in [0.15, 0.2) is 0 Å². The molecule has 4 N–H and O–H groups in total. The molecule has 0 bridgehead atoms. The molecular weight excluding hydrogens is 397 g/mol. The van der Waals surface area contributed by atoms with Crippen molar-refractivity contribution in [1.29, 1.82) is 0 Å². The number of nitrogens with zero attached hydrogens (tertiary/aromatic N) is 5. The van der Waals surface area contributed by atoms with Crippen LogP contribution >= 0.6 is 0 Å². The molecule has 0 amide bonds. The number of allylic oxidation sites excluding steroid dienone is 2. The van der Waals surface area contributed by atoms with Crippen molar-refractivity contribution < 1.29 is 37.6 Å². The zero-order chi connectivity index (χ0) is 20.8. The van der Waals surface area contributed by atoms with Crippen molar-refractivity contribution in [3.05, 3.63) is 55.9 Å². The van der Waals surface area contributed by atoms with Crippen LogP contribution in [0.5, 0.6) is 0 Å². The minimum Gasteiger partial charge on any atom is -0.411 e. The molecule has 153 valence electrons. The molecule has 9 nitrogen and oxygen atoms in total. The van der Waals surface area contributed by atoms with E-state index < -0.39 is 0 Å². The fourth-order valence-electron chi connectivity index (χ4n) is 0.602. The molecule has 0 unspecified atom stereocenters. The van der Waals surface area contributed by atoms with Gasteiger partial charge in [0.2, 0.25) is 0 Å². The van der Waals surface area contributed by atoms with Gasteiger partial charge in [0, 0.05) is 29.2 Å². The molecule has 0 saturated carbocycles. The van der Waals surface area contributed by atoms with E-state index in [0.717, 1.165) is 0 Å². The van der Waals surface area contributed by atoms with Crippen LogP contribution in [0.3, 0.4) is 0 Å². The van der Waals surface area contributed by atoms with Crippen molar-refractivity contribution in [2.24, 2.45) is 20.6 Å². The summed E-state index contributed by atoms with van der Waals surface area (Å²) < 4.78 is 0. The predicted molar refractivity (Wildman–Crippen MR) is 103 cm³/mol. The largest absolute Gasteiger partial charge is 0.411 e. The summed E-state index contributed by atoms with van der Waals surface area (Å²) in [6.07, 6.45) is 7.46. The zero-order valence-electron chi connectivity index (χ0n) is 15.7. The third kappa shape index (κ3) is 25.4. The van der Waals surface area contributed by atoms with Gasteiger partial charge in [-0.3, -0.25) is 11.1 Å². The summed E-state index contributed by atoms with van der Waals surface area (Å²) in [5.41, 5.74) is 1.25. The van der Waals surface area contributed by atoms with Gasteiger partial charge in [0.05, 0.1) is 0 Å². The SMILES string of the molecule is C=[C-]C=C.CC(=N\O)/C(C)=N/O.CC(=N\O)/C(C)=N/O.[Co].c1ccncc1. The predicted octanol–water partition coefficient (Wildman–Crippen LogP) is 3.61. The molecule has 0 aliphatic carbocycles. The second-order valence-electron chi connectivity index (χ2n) is 4.17. The van der Waals surface area contributed by atoms with Gasteiger partial charge in [-0.05, 0) is 39.8 Å². The Morgan fingerprint density at radius 1 is 0.778 bits per heavy atom. The van der Waals surface area contributed by atoms with E-state index in [2.05, 4.69) is 44.8 Å². The van der Waals surface area contributed by atoms with Gasteiger partial charge in [-0.2, -0.15) is 6.58 Å². The first-order chi connectivity index (χ1) is 12.4. The molecule has 0 aromatic carbocycles. The maximum absolute atomic E-state index is 8.03. The standard InChI is InChI=1S/C5H5N.2C4H8N2O2.C4H5.Co/c1-2-4-6-5-3-1;2*1-3(5-7)4(2)6-8;1-3-4-2;/h1-5H;2*7-8H,1-2H3;3H,1-2H2;/q;;;-1;/b;2*5-3+,6-4+;;. The van der Waals surface area contributed by atoms with E-state index in [1.54, 1.807) is 12.4 Å². The number of aromatic nitrogens is 1. The molecule has 0 spiro atoms. The van der Waals surface area contributed by atoms with Gasteiger partial charge in [0.25, 0.3) is 0 Å². The summed E-state index contributed by atoms with van der Waals surface area (Å²) >= 11 is 0. The molecular formula is C17H26CoN5O4-. The molecule has 10 heteroatoms. The normalized spacial score (nSPS) is 11.0. The van der Waals surface area contributed by atoms with Gasteiger partial charge < -0.3 is 20.8 Å². The number of hydrogen-bond donors (Lipinski definition) is 4. The number of pyridine rings is 1. The minimum absolute atomic E-state index is 0. The second-order valence-corrected chi connectivity index (χ2v) is 4.17. The summed E-state index contributed by atoms with van der Waals surface area (Å²) in [5.74, 6) is 0. The number of rotatable bonds is 3. The van der Waals surface area contributed by atoms with Crippen LogP contribution in [0.25, 0.3) is 0 Å². The third-order valence-electron chi connectivity index (χ3n) is 2.36. The van der Waals surface area contributed by atoms with E-state index in [1.807, 2.05) is 18.2 Å². The third-order valence-corrected chi connectivity index (χ3v) is 2.36. The Kier molecular flexibility index (Phi) is 29.7. The zero-order valence-corrected chi connectivity index (χ0v) is 16.8. The van der Waals surface area contributed by atoms with Crippen LogP contribution in [0.4, 0.5) is 0 Å². The maximum atomic E-state index is 8.03. The molecule has 0 saturated heterocycles. The Morgan fingerprint density at radius 3 is 1.11 bits per heavy atom. The van der Waals surface area contributed by atoms with Gasteiger partial charge in [-0.15, -0.1) is 0 Å². The van der Waals surface area contributed by atoms with Crippen molar-refractivity contribution >= 4 is 22.8 Å². The van der Waals surface area contributed by atoms with Crippen LogP contribution in [-0.2, 0) is 16.8 Å². The average Bonchev–Trinajstić information content (AvgIpc) is 2.73. The molecule has 0 fully saturated rings. The van der Waals surface area contributed by atoms with Crippen LogP contribution < -0.4 is 0 Å². The Morgan fingerprint density at radius 2 is 1.04 bits per heavy atom. The second kappa shape index (κ2) is 25.3. The van der Waals surface area contributed by atoms with Crippen molar-refractivity contribution in [3.8, 4) is 0 Å². The molecule has 1 radical (unpaired) electrons. The summed E-state index contributed by atoms with van der Waals surface area (Å²) in [4.78, 5) is 3.78. The fourth-order valence-corrected chi connectivity index (χ4v) is 0.602. The van der Waals surface area contributed by atoms with Crippen LogP contribution in [-0.4, -0.2) is 48.7 Å². The maximum Gasteiger partial charge on any atom is 0.101 e. The van der Waals surface area contributed by atoms with Gasteiger partial charge >= 0.3 is 0 Å². The van der Waals surface area contributed by atoms with E-state index in [0.29, 0.717) is 22.8 Å². The molecule has 0 aliphatic rings. The van der Waals surface area contributed by atoms with Gasteiger partial charge in [-0.1, -0.05) is 26.7 Å². The monoisotopic (exact) mass is 423 g/mol. The smallest absolute Gasteiger partial charge is 0.101 e. The molecule has 1 heterocycles. The van der Waals surface area contributed by atoms with E-state index in [9.17, 15) is 0 Å². The van der Waals surface area contributed by atoms with Crippen molar-refractivity contribution in [2.45, 2.75) is 27.7 Å². The van der Waals surface area contributed by atoms with Gasteiger partial charge in [-0.25, -0.2) is 12.7 Å². The van der Waals surface area contributed by atoms with Crippen molar-refractivity contribution in [2.75, 3.05) is 0 Å². The Labute approximate surface area is 170 Å². The first-order valence-corrected chi connectivity index (χ1v) is 7.09. The van der Waals surface area contributed by atoms with E-state index in [4.69, 9.17) is 20.8 Å². The summed E-state index contributed by atoms with van der Waals surface area (Å²) in [5, 5.41) is 43.3. The molecule has 1 aromatic rings. The van der Waals surface area contributed by atoms with Gasteiger partial charge in [0.1, 0.15) is 22.8 Å². The minimum atomic E-state index is 0. The van der Waals surface area contributed by atoms with E-state index in [-0.39, 0.29) is 16.8 Å². The van der Waals surface area contributed by atoms with E-state index >= 15 is 0 Å². The van der Waals surface area contributed by atoms with Crippen LogP contribution in [0.2, 0.25) is 0 Å². The Balaban J connectivity index is -0.000000133. The first-order valence-electron chi connectivity index (χ1n) is 7.09. The Hall–Kier alpha value is -2.98. The first kappa shape index (κ1) is 31.8. The molecule has 1 aromatic heterocycles. The van der Waals surface area contributed by atoms with Crippen LogP contribution in [0, 0.1) is 6.08 Å². The summed E-state index contributed by atoms with van der Waals surface area (Å²) in [6.45, 7) is 12.7. The average molecular weight is 423 g/mol. The van der Waals surface area contributed by atoms with Crippen molar-refractivity contribution in [1.82, 2.24) is 4.98 Å². The molecule has 27 heavy (non-hydrogen) atoms. The van der Waals surface area contributed by atoms with Crippen LogP contribution in [0.1, 0.15) is 27.7 Å². The number of hydrogen-bond acceptors (Lipinski definition) is 9. The van der Waals surface area contributed by atoms with E-state index in [1.165, 1.54) is 33.8 Å². The Bertz CT molecular complexity index is 506. The molecule has 1 rings (SSSR count). The van der Waals surface area contributed by atoms with Crippen molar-refractivity contribution in [3.63, 3.8) is 0 Å². The fraction of sp³-hybridized carbons (Fsp3) is 0.235. The van der Waals surface area contributed by atoms with Crippen LogP contribution in [0.15, 0.2) is 70.4 Å². The topological polar surface area (TPSA) is 143 Å².